The molecule has 0 aliphatic heterocycles. The van der Waals surface area contributed by atoms with Crippen LogP contribution in [0.5, 0.6) is 0 Å². The Kier molecular flexibility index (Phi) is 8.18. The molecular weight excluding hydrogens is 390 g/mol. The van der Waals surface area contributed by atoms with E-state index < -0.39 is 29.9 Å². The Morgan fingerprint density at radius 1 is 1.20 bits per heavy atom. The van der Waals surface area contributed by atoms with Gasteiger partial charge in [0, 0.05) is 30.1 Å². The van der Waals surface area contributed by atoms with E-state index in [2.05, 4.69) is 20.6 Å². The van der Waals surface area contributed by atoms with E-state index in [0.29, 0.717) is 19.4 Å². The highest BCUT2D eigenvalue weighted by molar-refractivity contribution is 5.90. The van der Waals surface area contributed by atoms with E-state index in [4.69, 9.17) is 17.2 Å². The van der Waals surface area contributed by atoms with Gasteiger partial charge >= 0.3 is 5.97 Å². The van der Waals surface area contributed by atoms with Crippen molar-refractivity contribution < 1.29 is 19.5 Å². The summed E-state index contributed by atoms with van der Waals surface area (Å²) in [4.78, 5) is 42.5. The zero-order valence-electron chi connectivity index (χ0n) is 16.4. The number of aliphatic carboxylic acids is 1. The van der Waals surface area contributed by atoms with E-state index in [1.807, 2.05) is 24.3 Å². The summed E-state index contributed by atoms with van der Waals surface area (Å²) >= 11 is 0. The van der Waals surface area contributed by atoms with E-state index in [1.54, 1.807) is 6.20 Å². The molecule has 0 unspecified atom stereocenters. The minimum absolute atomic E-state index is 0.0367. The van der Waals surface area contributed by atoms with Gasteiger partial charge in [-0.05, 0) is 24.5 Å². The zero-order chi connectivity index (χ0) is 22.1. The summed E-state index contributed by atoms with van der Waals surface area (Å²) in [7, 11) is 0. The van der Waals surface area contributed by atoms with Gasteiger partial charge < -0.3 is 37.9 Å². The second-order valence-corrected chi connectivity index (χ2v) is 6.80. The summed E-state index contributed by atoms with van der Waals surface area (Å²) in [5.41, 5.74) is 17.8. The summed E-state index contributed by atoms with van der Waals surface area (Å²) < 4.78 is 0. The molecule has 10 N–H and O–H groups in total. The first-order chi connectivity index (χ1) is 14.3. The van der Waals surface area contributed by atoms with Gasteiger partial charge in [0.05, 0.1) is 12.6 Å². The maximum absolute atomic E-state index is 12.1. The fourth-order valence-electron chi connectivity index (χ4n) is 2.91. The molecule has 2 aromatic rings. The molecule has 0 bridgehead atoms. The van der Waals surface area contributed by atoms with Gasteiger partial charge in [0.25, 0.3) is 0 Å². The number of aromatic nitrogens is 1. The van der Waals surface area contributed by atoms with Crippen LogP contribution in [0.1, 0.15) is 18.4 Å². The number of benzene rings is 1. The standard InChI is InChI=1S/C19H27N7O4/c20-13(5-3-7-23-19(21)22)17(28)25-10-16(27)26-15(18(29)30)8-11-9-24-14-6-2-1-4-12(11)14/h1-2,4,6,9,13,15,24H,3,5,7-8,10,20H2,(H,25,28)(H,26,27)(H,29,30)(H4,21,22,23)/t13-,15-/m0/s1. The zero-order valence-corrected chi connectivity index (χ0v) is 16.4. The van der Waals surface area contributed by atoms with Gasteiger partial charge in [-0.25, -0.2) is 4.79 Å². The maximum atomic E-state index is 12.1. The molecule has 11 nitrogen and oxygen atoms in total. The van der Waals surface area contributed by atoms with Crippen LogP contribution < -0.4 is 27.8 Å². The molecule has 11 heteroatoms. The van der Waals surface area contributed by atoms with Gasteiger partial charge in [0.15, 0.2) is 5.96 Å². The minimum atomic E-state index is -1.17. The van der Waals surface area contributed by atoms with Crippen molar-refractivity contribution in [3.8, 4) is 0 Å². The fourth-order valence-corrected chi connectivity index (χ4v) is 2.91. The number of guanidine groups is 1. The van der Waals surface area contributed by atoms with Crippen molar-refractivity contribution in [1.82, 2.24) is 15.6 Å². The Morgan fingerprint density at radius 3 is 2.63 bits per heavy atom. The number of nitrogens with zero attached hydrogens (tertiary/aromatic N) is 1. The molecule has 0 aliphatic rings. The first-order valence-corrected chi connectivity index (χ1v) is 9.43. The number of fused-ring (bicyclic) bond motifs is 1. The number of hydrogen-bond donors (Lipinski definition) is 7. The molecule has 1 aromatic heterocycles. The summed E-state index contributed by atoms with van der Waals surface area (Å²) in [6.45, 7) is -0.0317. The maximum Gasteiger partial charge on any atom is 0.326 e. The molecule has 30 heavy (non-hydrogen) atoms. The number of carbonyl (C=O) groups is 3. The molecule has 0 aliphatic carbocycles. The Labute approximate surface area is 173 Å². The number of aromatic amines is 1. The number of carboxylic acids is 1. The summed E-state index contributed by atoms with van der Waals surface area (Å²) in [5.74, 6) is -2.34. The number of carbonyl (C=O) groups excluding carboxylic acids is 2. The van der Waals surface area contributed by atoms with Crippen LogP contribution in [0, 0.1) is 0 Å². The molecular formula is C19H27N7O4. The monoisotopic (exact) mass is 417 g/mol. The van der Waals surface area contributed by atoms with Crippen molar-refractivity contribution in [3.63, 3.8) is 0 Å². The van der Waals surface area contributed by atoms with Crippen LogP contribution >= 0.6 is 0 Å². The van der Waals surface area contributed by atoms with Crippen molar-refractivity contribution in [2.45, 2.75) is 31.3 Å². The number of nitrogens with one attached hydrogen (secondary N) is 3. The van der Waals surface area contributed by atoms with E-state index in [-0.39, 0.29) is 18.9 Å². The van der Waals surface area contributed by atoms with E-state index in [9.17, 15) is 19.5 Å². The topological polar surface area (TPSA) is 202 Å². The molecule has 0 spiro atoms. The van der Waals surface area contributed by atoms with Gasteiger partial charge in [0.2, 0.25) is 11.8 Å². The second kappa shape index (κ2) is 10.8. The first-order valence-electron chi connectivity index (χ1n) is 9.43. The quantitative estimate of drug-likeness (QED) is 0.135. The van der Waals surface area contributed by atoms with Gasteiger partial charge in [-0.1, -0.05) is 18.2 Å². The highest BCUT2D eigenvalue weighted by Crippen LogP contribution is 2.19. The van der Waals surface area contributed by atoms with Crippen molar-refractivity contribution in [3.05, 3.63) is 36.0 Å². The number of aliphatic imine (C=N–C) groups is 1. The third kappa shape index (κ3) is 6.78. The lowest BCUT2D eigenvalue weighted by Gasteiger charge is -2.16. The molecule has 0 fully saturated rings. The highest BCUT2D eigenvalue weighted by Gasteiger charge is 2.22. The SMILES string of the molecule is NC(N)=NCCC[C@H](N)C(=O)NCC(=O)N[C@@H](Cc1c[nH]c2ccccc12)C(=O)O. The molecule has 0 saturated heterocycles. The van der Waals surface area contributed by atoms with Crippen molar-refractivity contribution in [1.29, 1.82) is 0 Å². The van der Waals surface area contributed by atoms with Crippen LogP contribution in [0.3, 0.4) is 0 Å². The Morgan fingerprint density at radius 2 is 1.93 bits per heavy atom. The van der Waals surface area contributed by atoms with Crippen LogP contribution in [0.2, 0.25) is 0 Å². The van der Waals surface area contributed by atoms with E-state index in [1.165, 1.54) is 0 Å². The Balaban J connectivity index is 1.83. The van der Waals surface area contributed by atoms with E-state index >= 15 is 0 Å². The minimum Gasteiger partial charge on any atom is -0.480 e. The lowest BCUT2D eigenvalue weighted by molar-refractivity contribution is -0.141. The lowest BCUT2D eigenvalue weighted by Crippen LogP contribution is -2.49. The molecule has 162 valence electrons. The smallest absolute Gasteiger partial charge is 0.326 e. The van der Waals surface area contributed by atoms with Crippen LogP contribution in [0.25, 0.3) is 10.9 Å². The van der Waals surface area contributed by atoms with Crippen molar-refractivity contribution in [2.24, 2.45) is 22.2 Å². The normalized spacial score (nSPS) is 12.7. The predicted molar refractivity (Wildman–Crippen MR) is 112 cm³/mol. The molecule has 2 amide bonds. The van der Waals surface area contributed by atoms with Crippen LogP contribution in [0.15, 0.2) is 35.5 Å². The Bertz CT molecular complexity index is 920. The van der Waals surface area contributed by atoms with Crippen LogP contribution in [-0.2, 0) is 20.8 Å². The van der Waals surface area contributed by atoms with E-state index in [0.717, 1.165) is 16.5 Å². The number of carboxylic acid groups (broad SMARTS) is 1. The van der Waals surface area contributed by atoms with Gasteiger partial charge in [0.1, 0.15) is 6.04 Å². The molecule has 0 radical (unpaired) electrons. The number of amides is 2. The third-order valence-corrected chi connectivity index (χ3v) is 4.46. The first kappa shape index (κ1) is 22.7. The van der Waals surface area contributed by atoms with Gasteiger partial charge in [-0.3, -0.25) is 14.6 Å². The lowest BCUT2D eigenvalue weighted by atomic mass is 10.0. The number of nitrogens with two attached hydrogens (primary N) is 3. The number of rotatable bonds is 11. The fraction of sp³-hybridized carbons (Fsp3) is 0.368. The van der Waals surface area contributed by atoms with Crippen LogP contribution in [0.4, 0.5) is 0 Å². The number of H-pyrrole nitrogens is 1. The third-order valence-electron chi connectivity index (χ3n) is 4.46. The summed E-state index contributed by atoms with van der Waals surface area (Å²) in [5, 5.41) is 15.2. The summed E-state index contributed by atoms with van der Waals surface area (Å²) in [6, 6.07) is 5.51. The molecule has 1 heterocycles. The molecule has 2 rings (SSSR count). The molecule has 2 atom stereocenters. The number of hydrogen-bond acceptors (Lipinski definition) is 5. The Hall–Kier alpha value is -3.60. The average molecular weight is 417 g/mol. The van der Waals surface area contributed by atoms with Crippen molar-refractivity contribution in [2.75, 3.05) is 13.1 Å². The van der Waals surface area contributed by atoms with Crippen molar-refractivity contribution >= 4 is 34.6 Å². The van der Waals surface area contributed by atoms with Gasteiger partial charge in [-0.2, -0.15) is 0 Å². The molecule has 1 aromatic carbocycles. The largest absolute Gasteiger partial charge is 0.480 e. The van der Waals surface area contributed by atoms with Crippen LogP contribution in [-0.4, -0.2) is 59.0 Å². The number of para-hydroxylation sites is 1. The molecule has 0 saturated carbocycles. The predicted octanol–water partition coefficient (Wildman–Crippen LogP) is -1.22. The highest BCUT2D eigenvalue weighted by atomic mass is 16.4. The summed E-state index contributed by atoms with van der Waals surface area (Å²) in [6.07, 6.45) is 2.66. The average Bonchev–Trinajstić information content (AvgIpc) is 3.11. The second-order valence-electron chi connectivity index (χ2n) is 6.80. The van der Waals surface area contributed by atoms with Gasteiger partial charge in [-0.15, -0.1) is 0 Å².